The Morgan fingerprint density at radius 1 is 1.19 bits per heavy atom. The predicted octanol–water partition coefficient (Wildman–Crippen LogP) is 3.62. The van der Waals surface area contributed by atoms with Gasteiger partial charge in [0.15, 0.2) is 12.0 Å². The fraction of sp³-hybridized carbons (Fsp3) is 0.176. The van der Waals surface area contributed by atoms with Crippen LogP contribution >= 0.6 is 0 Å². The molecule has 0 saturated carbocycles. The van der Waals surface area contributed by atoms with E-state index in [4.69, 9.17) is 4.42 Å². The van der Waals surface area contributed by atoms with Gasteiger partial charge in [-0.05, 0) is 37.1 Å². The monoisotopic (exact) mass is 280 g/mol. The van der Waals surface area contributed by atoms with Crippen LogP contribution in [0.25, 0.3) is 11.5 Å². The van der Waals surface area contributed by atoms with E-state index in [0.717, 1.165) is 12.0 Å². The van der Waals surface area contributed by atoms with Crippen molar-refractivity contribution in [1.82, 2.24) is 9.78 Å². The Hall–Kier alpha value is -2.62. The van der Waals surface area contributed by atoms with Crippen molar-refractivity contribution < 1.29 is 9.21 Å². The Labute approximate surface area is 123 Å². The highest BCUT2D eigenvalue weighted by Gasteiger charge is 2.14. The minimum Gasteiger partial charge on any atom is -0.460 e. The lowest BCUT2D eigenvalue weighted by atomic mass is 10.1. The van der Waals surface area contributed by atoms with E-state index in [1.165, 1.54) is 11.1 Å². The molecule has 4 nitrogen and oxygen atoms in total. The molecule has 0 aliphatic heterocycles. The molecule has 0 spiro atoms. The molecule has 3 aromatic rings. The van der Waals surface area contributed by atoms with Crippen LogP contribution in [0.5, 0.6) is 0 Å². The van der Waals surface area contributed by atoms with Crippen molar-refractivity contribution in [1.29, 1.82) is 0 Å². The summed E-state index contributed by atoms with van der Waals surface area (Å²) in [5.41, 5.74) is 3.51. The zero-order valence-electron chi connectivity index (χ0n) is 12.0. The zero-order chi connectivity index (χ0) is 14.8. The summed E-state index contributed by atoms with van der Waals surface area (Å²) in [6.45, 7) is 4.57. The molecular weight excluding hydrogens is 264 g/mol. The molecule has 0 amide bonds. The number of aldehydes is 1. The molecule has 1 aromatic carbocycles. The molecule has 4 heteroatoms. The third-order valence-electron chi connectivity index (χ3n) is 3.48. The summed E-state index contributed by atoms with van der Waals surface area (Å²) in [6.07, 6.45) is 2.57. The Balaban J connectivity index is 1.96. The van der Waals surface area contributed by atoms with Crippen LogP contribution in [0.4, 0.5) is 0 Å². The summed E-state index contributed by atoms with van der Waals surface area (Å²) in [6, 6.07) is 11.8. The quantitative estimate of drug-likeness (QED) is 0.686. The van der Waals surface area contributed by atoms with Crippen molar-refractivity contribution >= 4 is 6.29 Å². The SMILES string of the molecule is Cc1ccc(-c2nn(Cc3ccccc3C)cc2C=O)o1. The summed E-state index contributed by atoms with van der Waals surface area (Å²) in [5, 5.41) is 4.49. The molecular formula is C17H16N2O2. The predicted molar refractivity (Wildman–Crippen MR) is 80.3 cm³/mol. The van der Waals surface area contributed by atoms with Crippen molar-refractivity contribution in [3.63, 3.8) is 0 Å². The van der Waals surface area contributed by atoms with Crippen LogP contribution in [0, 0.1) is 13.8 Å². The smallest absolute Gasteiger partial charge is 0.155 e. The molecule has 0 saturated heterocycles. The van der Waals surface area contributed by atoms with Gasteiger partial charge in [0.05, 0.1) is 12.1 Å². The van der Waals surface area contributed by atoms with Gasteiger partial charge < -0.3 is 4.42 Å². The number of aromatic nitrogens is 2. The molecule has 0 N–H and O–H groups in total. The summed E-state index contributed by atoms with van der Waals surface area (Å²) in [7, 11) is 0. The Morgan fingerprint density at radius 3 is 2.67 bits per heavy atom. The lowest BCUT2D eigenvalue weighted by Gasteiger charge is -2.05. The number of nitrogens with zero attached hydrogens (tertiary/aromatic N) is 2. The second-order valence-corrected chi connectivity index (χ2v) is 5.09. The summed E-state index contributed by atoms with van der Waals surface area (Å²) in [5.74, 6) is 1.42. The number of rotatable bonds is 4. The maximum atomic E-state index is 11.2. The van der Waals surface area contributed by atoms with Gasteiger partial charge in [-0.25, -0.2) is 0 Å². The number of hydrogen-bond acceptors (Lipinski definition) is 3. The van der Waals surface area contributed by atoms with Crippen molar-refractivity contribution in [3.05, 3.63) is 65.0 Å². The van der Waals surface area contributed by atoms with Gasteiger partial charge in [0.25, 0.3) is 0 Å². The van der Waals surface area contributed by atoms with Crippen molar-refractivity contribution in [2.45, 2.75) is 20.4 Å². The molecule has 21 heavy (non-hydrogen) atoms. The Kier molecular flexibility index (Phi) is 3.44. The highest BCUT2D eigenvalue weighted by Crippen LogP contribution is 2.23. The van der Waals surface area contributed by atoms with Crippen molar-refractivity contribution in [3.8, 4) is 11.5 Å². The van der Waals surface area contributed by atoms with Gasteiger partial charge in [-0.15, -0.1) is 0 Å². The Bertz CT molecular complexity index is 784. The molecule has 0 aliphatic rings. The van der Waals surface area contributed by atoms with Crippen LogP contribution in [-0.4, -0.2) is 16.1 Å². The van der Waals surface area contributed by atoms with Crippen LogP contribution in [0.1, 0.15) is 27.2 Å². The van der Waals surface area contributed by atoms with Crippen molar-refractivity contribution in [2.24, 2.45) is 0 Å². The van der Waals surface area contributed by atoms with E-state index >= 15 is 0 Å². The van der Waals surface area contributed by atoms with E-state index in [-0.39, 0.29) is 0 Å². The second-order valence-electron chi connectivity index (χ2n) is 5.09. The first-order chi connectivity index (χ1) is 10.2. The van der Waals surface area contributed by atoms with E-state index in [1.807, 2.05) is 31.2 Å². The normalized spacial score (nSPS) is 10.8. The van der Waals surface area contributed by atoms with Gasteiger partial charge in [-0.1, -0.05) is 24.3 Å². The van der Waals surface area contributed by atoms with Gasteiger partial charge in [0.2, 0.25) is 0 Å². The lowest BCUT2D eigenvalue weighted by molar-refractivity contribution is 0.112. The zero-order valence-corrected chi connectivity index (χ0v) is 12.0. The van der Waals surface area contributed by atoms with Crippen LogP contribution in [0.2, 0.25) is 0 Å². The van der Waals surface area contributed by atoms with E-state index < -0.39 is 0 Å². The minimum absolute atomic E-state index is 0.540. The van der Waals surface area contributed by atoms with Crippen LogP contribution in [-0.2, 0) is 6.54 Å². The molecule has 0 unspecified atom stereocenters. The highest BCUT2D eigenvalue weighted by molar-refractivity contribution is 5.84. The molecule has 3 rings (SSSR count). The average Bonchev–Trinajstić information content (AvgIpc) is 3.07. The topological polar surface area (TPSA) is 48.0 Å². The van der Waals surface area contributed by atoms with Gasteiger partial charge in [0, 0.05) is 6.20 Å². The van der Waals surface area contributed by atoms with Crippen LogP contribution < -0.4 is 0 Å². The largest absolute Gasteiger partial charge is 0.460 e. The molecule has 0 aliphatic carbocycles. The first kappa shape index (κ1) is 13.4. The average molecular weight is 280 g/mol. The molecule has 0 radical (unpaired) electrons. The van der Waals surface area contributed by atoms with Gasteiger partial charge in [0.1, 0.15) is 11.5 Å². The molecule has 0 fully saturated rings. The van der Waals surface area contributed by atoms with Crippen molar-refractivity contribution in [2.75, 3.05) is 0 Å². The summed E-state index contributed by atoms with van der Waals surface area (Å²) in [4.78, 5) is 11.2. The number of carbonyl (C=O) groups excluding carboxylic acids is 1. The van der Waals surface area contributed by atoms with E-state index in [0.29, 0.717) is 23.6 Å². The lowest BCUT2D eigenvalue weighted by Crippen LogP contribution is -2.01. The fourth-order valence-corrected chi connectivity index (χ4v) is 2.32. The number of benzene rings is 1. The summed E-state index contributed by atoms with van der Waals surface area (Å²) < 4.78 is 7.34. The third kappa shape index (κ3) is 2.65. The maximum absolute atomic E-state index is 11.2. The van der Waals surface area contributed by atoms with Gasteiger partial charge in [-0.3, -0.25) is 9.48 Å². The molecule has 106 valence electrons. The summed E-state index contributed by atoms with van der Waals surface area (Å²) >= 11 is 0. The molecule has 0 atom stereocenters. The number of aryl methyl sites for hydroxylation is 2. The number of hydrogen-bond donors (Lipinski definition) is 0. The fourth-order valence-electron chi connectivity index (χ4n) is 2.32. The number of furan rings is 1. The number of carbonyl (C=O) groups is 1. The van der Waals surface area contributed by atoms with E-state index in [2.05, 4.69) is 24.2 Å². The first-order valence-electron chi connectivity index (χ1n) is 6.81. The van der Waals surface area contributed by atoms with Gasteiger partial charge in [-0.2, -0.15) is 5.10 Å². The maximum Gasteiger partial charge on any atom is 0.155 e. The molecule has 2 aromatic heterocycles. The highest BCUT2D eigenvalue weighted by atomic mass is 16.3. The molecule has 0 bridgehead atoms. The van der Waals surface area contributed by atoms with Gasteiger partial charge >= 0.3 is 0 Å². The standard InChI is InChI=1S/C17H16N2O2/c1-12-5-3-4-6-14(12)9-19-10-15(11-20)17(18-19)16-8-7-13(2)21-16/h3-8,10-11H,9H2,1-2H3. The van der Waals surface area contributed by atoms with E-state index in [1.54, 1.807) is 10.9 Å². The first-order valence-corrected chi connectivity index (χ1v) is 6.81. The van der Waals surface area contributed by atoms with Crippen LogP contribution in [0.3, 0.4) is 0 Å². The molecule has 2 heterocycles. The second kappa shape index (κ2) is 5.40. The van der Waals surface area contributed by atoms with Crippen LogP contribution in [0.15, 0.2) is 47.0 Å². The minimum atomic E-state index is 0.540. The third-order valence-corrected chi connectivity index (χ3v) is 3.48. The van der Waals surface area contributed by atoms with E-state index in [9.17, 15) is 4.79 Å². The Morgan fingerprint density at radius 2 is 2.00 bits per heavy atom.